The maximum atomic E-state index is 12.4. The number of amides is 1. The van der Waals surface area contributed by atoms with Gasteiger partial charge in [0.15, 0.2) is 17.6 Å². The summed E-state index contributed by atoms with van der Waals surface area (Å²) in [6, 6.07) is 13.5. The summed E-state index contributed by atoms with van der Waals surface area (Å²) in [6.45, 7) is 6.59. The van der Waals surface area contributed by atoms with E-state index >= 15 is 0 Å². The van der Waals surface area contributed by atoms with E-state index in [4.69, 9.17) is 18.9 Å². The van der Waals surface area contributed by atoms with Gasteiger partial charge < -0.3 is 24.3 Å². The second-order valence-corrected chi connectivity index (χ2v) is 7.04. The molecule has 0 aromatic heterocycles. The van der Waals surface area contributed by atoms with E-state index in [-0.39, 0.29) is 18.6 Å². The molecule has 1 N–H and O–H groups in total. The molecular weight excluding hydrogens is 370 g/mol. The van der Waals surface area contributed by atoms with Crippen LogP contribution in [0.2, 0.25) is 0 Å². The van der Waals surface area contributed by atoms with Crippen molar-refractivity contribution in [2.24, 2.45) is 0 Å². The fourth-order valence-corrected chi connectivity index (χ4v) is 2.72. The molecule has 1 atom stereocenters. The van der Waals surface area contributed by atoms with E-state index in [1.54, 1.807) is 7.11 Å². The molecule has 2 rings (SSSR count). The van der Waals surface area contributed by atoms with Gasteiger partial charge in [-0.1, -0.05) is 23.8 Å². The molecule has 0 heterocycles. The summed E-state index contributed by atoms with van der Waals surface area (Å²) in [5.74, 6) is 1.90. The highest BCUT2D eigenvalue weighted by Gasteiger charge is 2.18. The van der Waals surface area contributed by atoms with Crippen molar-refractivity contribution in [2.75, 3.05) is 27.4 Å². The molecular formula is C23H31NO5. The van der Waals surface area contributed by atoms with Crippen LogP contribution in [0.15, 0.2) is 42.5 Å². The van der Waals surface area contributed by atoms with Crippen molar-refractivity contribution in [3.8, 4) is 17.2 Å². The lowest BCUT2D eigenvalue weighted by molar-refractivity contribution is -0.132. The minimum atomic E-state index is -0.673. The van der Waals surface area contributed by atoms with Crippen LogP contribution in [0.1, 0.15) is 25.0 Å². The zero-order valence-electron chi connectivity index (χ0n) is 17.9. The van der Waals surface area contributed by atoms with Gasteiger partial charge in [-0.05, 0) is 57.0 Å². The Morgan fingerprint density at radius 2 is 1.76 bits per heavy atom. The molecule has 2 aromatic rings. The predicted molar refractivity (Wildman–Crippen MR) is 113 cm³/mol. The molecule has 0 saturated heterocycles. The van der Waals surface area contributed by atoms with E-state index in [1.807, 2.05) is 63.2 Å². The van der Waals surface area contributed by atoms with Crippen molar-refractivity contribution in [2.45, 2.75) is 39.4 Å². The van der Waals surface area contributed by atoms with Crippen LogP contribution in [-0.4, -0.2) is 45.5 Å². The van der Waals surface area contributed by atoms with E-state index < -0.39 is 6.10 Å². The zero-order valence-corrected chi connectivity index (χ0v) is 17.9. The number of rotatable bonds is 11. The third-order valence-corrected chi connectivity index (χ3v) is 4.30. The molecule has 0 aliphatic carbocycles. The smallest absolute Gasteiger partial charge is 0.252 e. The molecule has 0 bridgehead atoms. The van der Waals surface area contributed by atoms with Crippen LogP contribution in [0, 0.1) is 6.92 Å². The number of carbonyl (C=O) groups excluding carboxylic acids is 1. The van der Waals surface area contributed by atoms with E-state index in [0.717, 1.165) is 11.1 Å². The molecule has 29 heavy (non-hydrogen) atoms. The highest BCUT2D eigenvalue weighted by atomic mass is 16.5. The van der Waals surface area contributed by atoms with E-state index in [1.165, 1.54) is 7.11 Å². The van der Waals surface area contributed by atoms with Crippen LogP contribution in [0.5, 0.6) is 17.2 Å². The number of ether oxygens (including phenoxy) is 4. The van der Waals surface area contributed by atoms with Gasteiger partial charge in [0.1, 0.15) is 12.4 Å². The summed E-state index contributed by atoms with van der Waals surface area (Å²) >= 11 is 0. The van der Waals surface area contributed by atoms with Gasteiger partial charge in [0.25, 0.3) is 5.91 Å². The molecule has 2 aromatic carbocycles. The van der Waals surface area contributed by atoms with Gasteiger partial charge in [0, 0.05) is 13.7 Å². The van der Waals surface area contributed by atoms with Crippen molar-refractivity contribution < 1.29 is 23.7 Å². The molecule has 0 spiro atoms. The lowest BCUT2D eigenvalue weighted by Gasteiger charge is -2.17. The van der Waals surface area contributed by atoms with Gasteiger partial charge >= 0.3 is 0 Å². The normalized spacial score (nSPS) is 11.8. The Morgan fingerprint density at radius 3 is 2.38 bits per heavy atom. The summed E-state index contributed by atoms with van der Waals surface area (Å²) in [6.07, 6.45) is 0.0639. The Kier molecular flexibility index (Phi) is 8.80. The predicted octanol–water partition coefficient (Wildman–Crippen LogP) is 3.54. The first-order chi connectivity index (χ1) is 13.9. The van der Waals surface area contributed by atoms with E-state index in [9.17, 15) is 4.79 Å². The van der Waals surface area contributed by atoms with Crippen LogP contribution in [-0.2, 0) is 16.0 Å². The first-order valence-corrected chi connectivity index (χ1v) is 9.76. The Morgan fingerprint density at radius 1 is 1.03 bits per heavy atom. The minimum Gasteiger partial charge on any atom is -0.493 e. The molecule has 1 amide bonds. The monoisotopic (exact) mass is 401 g/mol. The average molecular weight is 402 g/mol. The third-order valence-electron chi connectivity index (χ3n) is 4.30. The number of nitrogens with one attached hydrogen (secondary N) is 1. The third kappa shape index (κ3) is 7.31. The lowest BCUT2D eigenvalue weighted by Crippen LogP contribution is -2.40. The van der Waals surface area contributed by atoms with E-state index in [2.05, 4.69) is 5.32 Å². The van der Waals surface area contributed by atoms with Crippen LogP contribution < -0.4 is 19.5 Å². The number of hydrogen-bond donors (Lipinski definition) is 1. The van der Waals surface area contributed by atoms with Crippen molar-refractivity contribution in [3.63, 3.8) is 0 Å². The molecule has 0 aliphatic heterocycles. The summed E-state index contributed by atoms with van der Waals surface area (Å²) < 4.78 is 22.1. The molecule has 0 saturated carbocycles. The summed E-state index contributed by atoms with van der Waals surface area (Å²) in [5.41, 5.74) is 2.20. The molecule has 6 heteroatoms. The Balaban J connectivity index is 1.83. The van der Waals surface area contributed by atoms with E-state index in [0.29, 0.717) is 30.2 Å². The molecule has 0 fully saturated rings. The van der Waals surface area contributed by atoms with Crippen molar-refractivity contribution in [1.82, 2.24) is 5.32 Å². The standard InChI is InChI=1S/C23H31NO5/c1-16(2)29-20-11-8-18(14-21(20)26-4)12-13-24-23(25)22(27-5)15-28-19-9-6-17(3)7-10-19/h6-11,14,16,22H,12-13,15H2,1-5H3,(H,24,25)/t22-/m1/s1. The van der Waals surface area contributed by atoms with Crippen LogP contribution in [0.25, 0.3) is 0 Å². The Hall–Kier alpha value is -2.73. The lowest BCUT2D eigenvalue weighted by atomic mass is 10.1. The zero-order chi connectivity index (χ0) is 21.2. The topological polar surface area (TPSA) is 66.0 Å². The summed E-state index contributed by atoms with van der Waals surface area (Å²) in [5, 5.41) is 2.90. The molecule has 158 valence electrons. The fourth-order valence-electron chi connectivity index (χ4n) is 2.72. The second-order valence-electron chi connectivity index (χ2n) is 7.04. The van der Waals surface area contributed by atoms with Gasteiger partial charge in [0.2, 0.25) is 0 Å². The van der Waals surface area contributed by atoms with Crippen LogP contribution in [0.4, 0.5) is 0 Å². The summed E-state index contributed by atoms with van der Waals surface area (Å²) in [7, 11) is 3.12. The van der Waals surface area contributed by atoms with Gasteiger partial charge in [-0.25, -0.2) is 0 Å². The molecule has 6 nitrogen and oxygen atoms in total. The SMILES string of the molecule is COc1cc(CCNC(=O)[C@@H](COc2ccc(C)cc2)OC)ccc1OC(C)C. The number of hydrogen-bond acceptors (Lipinski definition) is 5. The van der Waals surface area contributed by atoms with Crippen LogP contribution >= 0.6 is 0 Å². The summed E-state index contributed by atoms with van der Waals surface area (Å²) in [4.78, 5) is 12.4. The Bertz CT molecular complexity index is 773. The fraction of sp³-hybridized carbons (Fsp3) is 0.435. The van der Waals surface area contributed by atoms with Crippen molar-refractivity contribution >= 4 is 5.91 Å². The first-order valence-electron chi connectivity index (χ1n) is 9.76. The molecule has 0 unspecified atom stereocenters. The quantitative estimate of drug-likeness (QED) is 0.624. The van der Waals surface area contributed by atoms with Crippen molar-refractivity contribution in [1.29, 1.82) is 0 Å². The van der Waals surface area contributed by atoms with Gasteiger partial charge in [-0.3, -0.25) is 4.79 Å². The number of aryl methyl sites for hydroxylation is 1. The molecule has 0 aliphatic rings. The number of carbonyl (C=O) groups is 1. The van der Waals surface area contributed by atoms with Crippen molar-refractivity contribution in [3.05, 3.63) is 53.6 Å². The largest absolute Gasteiger partial charge is 0.493 e. The minimum absolute atomic E-state index is 0.0714. The van der Waals surface area contributed by atoms with Gasteiger partial charge in [-0.15, -0.1) is 0 Å². The van der Waals surface area contributed by atoms with Gasteiger partial charge in [-0.2, -0.15) is 0 Å². The van der Waals surface area contributed by atoms with Crippen LogP contribution in [0.3, 0.4) is 0 Å². The molecule has 0 radical (unpaired) electrons. The number of benzene rings is 2. The van der Waals surface area contributed by atoms with Gasteiger partial charge in [0.05, 0.1) is 13.2 Å². The average Bonchev–Trinajstić information content (AvgIpc) is 2.70. The maximum absolute atomic E-state index is 12.4. The maximum Gasteiger partial charge on any atom is 0.252 e. The Labute approximate surface area is 173 Å². The highest BCUT2D eigenvalue weighted by Crippen LogP contribution is 2.29. The highest BCUT2D eigenvalue weighted by molar-refractivity contribution is 5.80. The number of methoxy groups -OCH3 is 2. The first kappa shape index (κ1) is 22.6. The second kappa shape index (κ2) is 11.3.